The number of halogens is 1. The Morgan fingerprint density at radius 2 is 1.48 bits per heavy atom. The Balaban J connectivity index is 1.57. The summed E-state index contributed by atoms with van der Waals surface area (Å²) in [5, 5.41) is 5.48. The molecule has 7 heteroatoms. The fourth-order valence-corrected chi connectivity index (χ4v) is 2.72. The second kappa shape index (κ2) is 10.1. The summed E-state index contributed by atoms with van der Waals surface area (Å²) in [7, 11) is 2.96. The first-order valence-corrected chi connectivity index (χ1v) is 9.36. The molecule has 158 valence electrons. The SMILES string of the molecule is COc1ccc(NC(=O)c2ccc(NC(=O)/C=C/c3ccc(OC)c(F)c3)cc2)cc1. The molecule has 0 bridgehead atoms. The van der Waals surface area contributed by atoms with Gasteiger partial charge in [-0.15, -0.1) is 0 Å². The summed E-state index contributed by atoms with van der Waals surface area (Å²) in [4.78, 5) is 24.5. The Morgan fingerprint density at radius 1 is 0.839 bits per heavy atom. The van der Waals surface area contributed by atoms with Crippen LogP contribution >= 0.6 is 0 Å². The monoisotopic (exact) mass is 420 g/mol. The molecule has 3 rings (SSSR count). The minimum Gasteiger partial charge on any atom is -0.497 e. The minimum atomic E-state index is -0.506. The van der Waals surface area contributed by atoms with Gasteiger partial charge in [-0.25, -0.2) is 4.39 Å². The van der Waals surface area contributed by atoms with Crippen molar-refractivity contribution in [2.45, 2.75) is 0 Å². The van der Waals surface area contributed by atoms with E-state index in [-0.39, 0.29) is 17.6 Å². The van der Waals surface area contributed by atoms with Gasteiger partial charge >= 0.3 is 0 Å². The standard InChI is InChI=1S/C24H21FN2O4/c1-30-20-11-9-19(10-12-20)27-24(29)17-5-7-18(8-6-17)26-23(28)14-4-16-3-13-22(31-2)21(25)15-16/h3-15H,1-2H3,(H,26,28)(H,27,29)/b14-4+. The van der Waals surface area contributed by atoms with Gasteiger partial charge in [-0.3, -0.25) is 9.59 Å². The van der Waals surface area contributed by atoms with Crippen molar-refractivity contribution >= 4 is 29.3 Å². The Bertz CT molecular complexity index is 1090. The molecule has 0 heterocycles. The molecule has 0 aliphatic rings. The minimum absolute atomic E-state index is 0.137. The molecule has 0 spiro atoms. The van der Waals surface area contributed by atoms with Gasteiger partial charge in [0.15, 0.2) is 11.6 Å². The van der Waals surface area contributed by atoms with Crippen LogP contribution in [0.5, 0.6) is 11.5 Å². The maximum atomic E-state index is 13.7. The van der Waals surface area contributed by atoms with Gasteiger partial charge in [0.2, 0.25) is 5.91 Å². The Kier molecular flexibility index (Phi) is 7.01. The van der Waals surface area contributed by atoms with Gasteiger partial charge in [0, 0.05) is 23.0 Å². The molecule has 0 unspecified atom stereocenters. The topological polar surface area (TPSA) is 76.7 Å². The molecule has 3 aromatic carbocycles. The number of nitrogens with one attached hydrogen (secondary N) is 2. The molecule has 0 aromatic heterocycles. The molecule has 0 atom stereocenters. The lowest BCUT2D eigenvalue weighted by molar-refractivity contribution is -0.111. The smallest absolute Gasteiger partial charge is 0.255 e. The lowest BCUT2D eigenvalue weighted by Crippen LogP contribution is -2.12. The van der Waals surface area contributed by atoms with Crippen LogP contribution in [0.4, 0.5) is 15.8 Å². The van der Waals surface area contributed by atoms with Crippen LogP contribution in [-0.4, -0.2) is 26.0 Å². The first-order chi connectivity index (χ1) is 15.0. The average molecular weight is 420 g/mol. The molecule has 2 amide bonds. The van der Waals surface area contributed by atoms with Crippen molar-refractivity contribution in [3.63, 3.8) is 0 Å². The molecule has 0 saturated carbocycles. The summed E-state index contributed by atoms with van der Waals surface area (Å²) in [6, 6.07) is 17.9. The molecular weight excluding hydrogens is 399 g/mol. The summed E-state index contributed by atoms with van der Waals surface area (Å²) in [5.74, 6) is -0.327. The van der Waals surface area contributed by atoms with Crippen molar-refractivity contribution in [3.8, 4) is 11.5 Å². The quantitative estimate of drug-likeness (QED) is 0.541. The molecule has 0 aliphatic carbocycles. The first kappa shape index (κ1) is 21.6. The van der Waals surface area contributed by atoms with Crippen molar-refractivity contribution in [2.24, 2.45) is 0 Å². The number of carbonyl (C=O) groups is 2. The number of hydrogen-bond acceptors (Lipinski definition) is 4. The highest BCUT2D eigenvalue weighted by Gasteiger charge is 2.07. The lowest BCUT2D eigenvalue weighted by atomic mass is 10.1. The summed E-state index contributed by atoms with van der Waals surface area (Å²) < 4.78 is 23.6. The third-order valence-corrected chi connectivity index (χ3v) is 4.37. The Hall–Kier alpha value is -4.13. The van der Waals surface area contributed by atoms with Crippen LogP contribution in [0, 0.1) is 5.82 Å². The van der Waals surface area contributed by atoms with Crippen molar-refractivity contribution in [1.82, 2.24) is 0 Å². The Morgan fingerprint density at radius 3 is 2.10 bits per heavy atom. The third kappa shape index (κ3) is 5.93. The van der Waals surface area contributed by atoms with E-state index in [1.54, 1.807) is 61.7 Å². The predicted molar refractivity (Wildman–Crippen MR) is 118 cm³/mol. The zero-order valence-electron chi connectivity index (χ0n) is 17.0. The number of methoxy groups -OCH3 is 2. The van der Waals surface area contributed by atoms with Crippen LogP contribution in [0.3, 0.4) is 0 Å². The molecule has 31 heavy (non-hydrogen) atoms. The van der Waals surface area contributed by atoms with Gasteiger partial charge < -0.3 is 20.1 Å². The van der Waals surface area contributed by atoms with E-state index in [0.29, 0.717) is 28.3 Å². The predicted octanol–water partition coefficient (Wildman–Crippen LogP) is 4.75. The molecule has 0 aliphatic heterocycles. The number of benzene rings is 3. The summed E-state index contributed by atoms with van der Waals surface area (Å²) >= 11 is 0. The normalized spacial score (nSPS) is 10.5. The van der Waals surface area contributed by atoms with E-state index in [9.17, 15) is 14.0 Å². The number of amides is 2. The first-order valence-electron chi connectivity index (χ1n) is 9.36. The van der Waals surface area contributed by atoms with Crippen LogP contribution in [0.15, 0.2) is 72.8 Å². The van der Waals surface area contributed by atoms with Crippen LogP contribution in [0.25, 0.3) is 6.08 Å². The van der Waals surface area contributed by atoms with E-state index < -0.39 is 5.82 Å². The van der Waals surface area contributed by atoms with Crippen LogP contribution < -0.4 is 20.1 Å². The number of rotatable bonds is 7. The highest BCUT2D eigenvalue weighted by Crippen LogP contribution is 2.19. The number of carbonyl (C=O) groups excluding carboxylic acids is 2. The van der Waals surface area contributed by atoms with E-state index in [1.165, 1.54) is 31.4 Å². The summed E-state index contributed by atoms with van der Waals surface area (Å²) in [6.45, 7) is 0. The number of ether oxygens (including phenoxy) is 2. The van der Waals surface area contributed by atoms with Crippen molar-refractivity contribution in [1.29, 1.82) is 0 Å². The largest absolute Gasteiger partial charge is 0.497 e. The van der Waals surface area contributed by atoms with Gasteiger partial charge in [-0.05, 0) is 72.3 Å². The van der Waals surface area contributed by atoms with Crippen LogP contribution in [0.2, 0.25) is 0 Å². The number of anilines is 2. The fourth-order valence-electron chi connectivity index (χ4n) is 2.72. The second-order valence-corrected chi connectivity index (χ2v) is 6.48. The van der Waals surface area contributed by atoms with Crippen LogP contribution in [0.1, 0.15) is 15.9 Å². The Labute approximate surface area is 179 Å². The number of hydrogen-bond donors (Lipinski definition) is 2. The maximum absolute atomic E-state index is 13.7. The fraction of sp³-hybridized carbons (Fsp3) is 0.0833. The van der Waals surface area contributed by atoms with Crippen molar-refractivity contribution < 1.29 is 23.5 Å². The van der Waals surface area contributed by atoms with Crippen molar-refractivity contribution in [2.75, 3.05) is 24.9 Å². The van der Waals surface area contributed by atoms with Gasteiger partial charge in [0.05, 0.1) is 14.2 Å². The third-order valence-electron chi connectivity index (χ3n) is 4.37. The maximum Gasteiger partial charge on any atom is 0.255 e. The van der Waals surface area contributed by atoms with E-state index in [2.05, 4.69) is 10.6 Å². The van der Waals surface area contributed by atoms with Crippen molar-refractivity contribution in [3.05, 3.63) is 89.8 Å². The molecule has 0 fully saturated rings. The highest BCUT2D eigenvalue weighted by atomic mass is 19.1. The van der Waals surface area contributed by atoms with Gasteiger partial charge in [-0.1, -0.05) is 6.07 Å². The summed E-state index contributed by atoms with van der Waals surface area (Å²) in [6.07, 6.45) is 2.79. The van der Waals surface area contributed by atoms with Gasteiger partial charge in [0.25, 0.3) is 5.91 Å². The average Bonchev–Trinajstić information content (AvgIpc) is 2.78. The van der Waals surface area contributed by atoms with E-state index >= 15 is 0 Å². The highest BCUT2D eigenvalue weighted by molar-refractivity contribution is 6.05. The van der Waals surface area contributed by atoms with E-state index in [4.69, 9.17) is 9.47 Å². The molecule has 0 saturated heterocycles. The molecular formula is C24H21FN2O4. The second-order valence-electron chi connectivity index (χ2n) is 6.48. The zero-order chi connectivity index (χ0) is 22.2. The summed E-state index contributed by atoms with van der Waals surface area (Å²) in [5.41, 5.74) is 2.14. The zero-order valence-corrected chi connectivity index (χ0v) is 17.0. The molecule has 0 radical (unpaired) electrons. The molecule has 2 N–H and O–H groups in total. The van der Waals surface area contributed by atoms with Crippen LogP contribution in [-0.2, 0) is 4.79 Å². The molecule has 3 aromatic rings. The van der Waals surface area contributed by atoms with Gasteiger partial charge in [-0.2, -0.15) is 0 Å². The van der Waals surface area contributed by atoms with E-state index in [0.717, 1.165) is 0 Å². The van der Waals surface area contributed by atoms with E-state index in [1.807, 2.05) is 0 Å². The van der Waals surface area contributed by atoms with Gasteiger partial charge in [0.1, 0.15) is 5.75 Å². The molecule has 6 nitrogen and oxygen atoms in total. The lowest BCUT2D eigenvalue weighted by Gasteiger charge is -2.07.